The Morgan fingerprint density at radius 3 is 2.41 bits per heavy atom. The molecule has 0 heterocycles. The van der Waals surface area contributed by atoms with Crippen LogP contribution in [0.25, 0.3) is 0 Å². The van der Waals surface area contributed by atoms with Crippen LogP contribution in [-0.2, 0) is 22.6 Å². The number of benzene rings is 1. The van der Waals surface area contributed by atoms with E-state index >= 15 is 0 Å². The molecule has 10 heteroatoms. The molecule has 10 nitrogen and oxygen atoms in total. The molecule has 37 heavy (non-hydrogen) atoms. The van der Waals surface area contributed by atoms with Crippen LogP contribution in [0.15, 0.2) is 28.7 Å². The zero-order valence-corrected chi connectivity index (χ0v) is 21.8. The zero-order valence-electron chi connectivity index (χ0n) is 21.8. The molecule has 1 unspecified atom stereocenters. The van der Waals surface area contributed by atoms with Gasteiger partial charge in [-0.05, 0) is 35.8 Å². The number of aliphatic hydroxyl groups is 3. The number of allylic oxidation sites excluding steroid dienone is 2. The number of hydrogen-bond acceptors (Lipinski definition) is 9. The van der Waals surface area contributed by atoms with Crippen molar-refractivity contribution in [1.29, 1.82) is 0 Å². The molecule has 200 valence electrons. The summed E-state index contributed by atoms with van der Waals surface area (Å²) >= 11 is 0. The van der Waals surface area contributed by atoms with Crippen molar-refractivity contribution in [2.45, 2.75) is 52.2 Å². The van der Waals surface area contributed by atoms with Crippen molar-refractivity contribution in [3.8, 4) is 5.75 Å². The number of phenols is 1. The highest BCUT2D eigenvalue weighted by atomic mass is 16.3. The molecule has 0 saturated heterocycles. The lowest BCUT2D eigenvalue weighted by Gasteiger charge is -2.46. The summed E-state index contributed by atoms with van der Waals surface area (Å²) in [7, 11) is 3.67. The second-order valence-corrected chi connectivity index (χ2v) is 11.7. The van der Waals surface area contributed by atoms with E-state index in [1.165, 1.54) is 0 Å². The third kappa shape index (κ3) is 4.18. The maximum absolute atomic E-state index is 13.9. The molecule has 0 fully saturated rings. The SMILES string of the molecule is CN(C)c1cc(CNCC(C)(C)C)c(O)c2c1CC1C[C@H]3CC(O)=C(C(N)=O)C(=O)[C@@]3(O)C(O)=C1C2=O. The molecule has 3 aliphatic rings. The van der Waals surface area contributed by atoms with Gasteiger partial charge in [0.05, 0.1) is 5.56 Å². The predicted molar refractivity (Wildman–Crippen MR) is 136 cm³/mol. The lowest BCUT2D eigenvalue weighted by atomic mass is 9.60. The molecule has 7 N–H and O–H groups in total. The van der Waals surface area contributed by atoms with Crippen LogP contribution in [-0.4, -0.2) is 64.1 Å². The Kier molecular flexibility index (Phi) is 6.41. The van der Waals surface area contributed by atoms with Crippen LogP contribution in [0.1, 0.15) is 55.1 Å². The van der Waals surface area contributed by atoms with Gasteiger partial charge in [-0.2, -0.15) is 0 Å². The minimum Gasteiger partial charge on any atom is -0.511 e. The molecule has 4 rings (SSSR count). The molecule has 1 aromatic rings. The number of rotatable bonds is 5. The first-order valence-electron chi connectivity index (χ1n) is 12.3. The number of fused-ring (bicyclic) bond motifs is 3. The van der Waals surface area contributed by atoms with E-state index in [1.54, 1.807) is 0 Å². The quantitative estimate of drug-likeness (QED) is 0.321. The average molecular weight is 514 g/mol. The summed E-state index contributed by atoms with van der Waals surface area (Å²) in [4.78, 5) is 40.6. The summed E-state index contributed by atoms with van der Waals surface area (Å²) < 4.78 is 0. The normalized spacial score (nSPS) is 25.6. The van der Waals surface area contributed by atoms with Crippen molar-refractivity contribution in [2.75, 3.05) is 25.5 Å². The molecule has 0 aromatic heterocycles. The molecule has 3 aliphatic carbocycles. The third-order valence-electron chi connectivity index (χ3n) is 7.57. The Morgan fingerprint density at radius 1 is 1.19 bits per heavy atom. The smallest absolute Gasteiger partial charge is 0.255 e. The van der Waals surface area contributed by atoms with E-state index in [1.807, 2.05) is 25.1 Å². The highest BCUT2D eigenvalue weighted by molar-refractivity contribution is 6.24. The fourth-order valence-electron chi connectivity index (χ4n) is 5.83. The topological polar surface area (TPSA) is 173 Å². The van der Waals surface area contributed by atoms with Crippen LogP contribution in [0.2, 0.25) is 0 Å². The van der Waals surface area contributed by atoms with E-state index < -0.39 is 52.0 Å². The molecular formula is C27H35N3O7. The van der Waals surface area contributed by atoms with Gasteiger partial charge in [0.2, 0.25) is 5.78 Å². The van der Waals surface area contributed by atoms with Crippen molar-refractivity contribution < 1.29 is 34.8 Å². The first-order valence-corrected chi connectivity index (χ1v) is 12.3. The number of nitrogens with two attached hydrogens (primary N) is 1. The lowest BCUT2D eigenvalue weighted by molar-refractivity contribution is -0.144. The van der Waals surface area contributed by atoms with Crippen molar-refractivity contribution in [3.63, 3.8) is 0 Å². The third-order valence-corrected chi connectivity index (χ3v) is 7.57. The second kappa shape index (κ2) is 8.88. The first kappa shape index (κ1) is 26.7. The molecule has 3 atom stereocenters. The zero-order chi connectivity index (χ0) is 27.6. The number of amides is 1. The van der Waals surface area contributed by atoms with Gasteiger partial charge in [-0.1, -0.05) is 20.8 Å². The Morgan fingerprint density at radius 2 is 1.84 bits per heavy atom. The van der Waals surface area contributed by atoms with E-state index in [0.717, 1.165) is 5.69 Å². The summed E-state index contributed by atoms with van der Waals surface area (Å²) in [5.41, 5.74) is 3.62. The van der Waals surface area contributed by atoms with E-state index in [0.29, 0.717) is 24.2 Å². The van der Waals surface area contributed by atoms with E-state index in [2.05, 4.69) is 26.1 Å². The molecule has 0 saturated carbocycles. The van der Waals surface area contributed by atoms with Crippen LogP contribution < -0.4 is 16.0 Å². The van der Waals surface area contributed by atoms with E-state index in [9.17, 15) is 34.8 Å². The average Bonchev–Trinajstić information content (AvgIpc) is 2.76. The standard InChI is InChI=1S/C27H35N3O7/c1-26(2,3)11-29-10-13-8-16(30(4)5)15-7-12-6-14-9-17(31)20(25(28)36)24(35)27(14,37)23(34)18(12)22(33)19(15)21(13)32/h8,12,14,29,31-32,34,37H,6-7,9-11H2,1-5H3,(H2,28,36)/t12?,14-,27-/m0/s1. The minimum absolute atomic E-state index is 0.00110. The Balaban J connectivity index is 1.84. The van der Waals surface area contributed by atoms with Gasteiger partial charge >= 0.3 is 0 Å². The summed E-state index contributed by atoms with van der Waals surface area (Å²) in [6.45, 7) is 7.19. The van der Waals surface area contributed by atoms with Gasteiger partial charge in [-0.15, -0.1) is 0 Å². The van der Waals surface area contributed by atoms with Crippen molar-refractivity contribution >= 4 is 23.2 Å². The Hall–Kier alpha value is -3.37. The predicted octanol–water partition coefficient (Wildman–Crippen LogP) is 1.78. The van der Waals surface area contributed by atoms with Crippen LogP contribution in [0.4, 0.5) is 5.69 Å². The van der Waals surface area contributed by atoms with Crippen LogP contribution in [0, 0.1) is 17.3 Å². The fourth-order valence-corrected chi connectivity index (χ4v) is 5.83. The van der Waals surface area contributed by atoms with Crippen molar-refractivity contribution in [3.05, 3.63) is 45.4 Å². The van der Waals surface area contributed by atoms with E-state index in [-0.39, 0.29) is 41.6 Å². The van der Waals surface area contributed by atoms with Gasteiger partial charge in [-0.25, -0.2) is 0 Å². The summed E-state index contributed by atoms with van der Waals surface area (Å²) in [6.07, 6.45) is 0.121. The number of ketones is 2. The van der Waals surface area contributed by atoms with Crippen molar-refractivity contribution in [1.82, 2.24) is 5.32 Å². The molecule has 0 bridgehead atoms. The van der Waals surface area contributed by atoms with Gasteiger partial charge in [0, 0.05) is 56.3 Å². The monoisotopic (exact) mass is 513 g/mol. The number of carbonyl (C=O) groups is 3. The number of anilines is 1. The molecule has 0 aliphatic heterocycles. The summed E-state index contributed by atoms with van der Waals surface area (Å²) in [5, 5.41) is 47.4. The van der Waals surface area contributed by atoms with Crippen LogP contribution >= 0.6 is 0 Å². The van der Waals surface area contributed by atoms with E-state index in [4.69, 9.17) is 5.73 Å². The minimum atomic E-state index is -2.57. The Bertz CT molecular complexity index is 1270. The molecule has 1 aromatic carbocycles. The second-order valence-electron chi connectivity index (χ2n) is 11.7. The summed E-state index contributed by atoms with van der Waals surface area (Å²) in [5.74, 6) is -6.25. The number of nitrogens with one attached hydrogen (secondary N) is 1. The Labute approximate surface area is 215 Å². The highest BCUT2D eigenvalue weighted by Gasteiger charge is 2.59. The number of phenolic OH excluding ortho intramolecular Hbond substituents is 1. The highest BCUT2D eigenvalue weighted by Crippen LogP contribution is 2.52. The number of aromatic hydroxyl groups is 1. The summed E-state index contributed by atoms with van der Waals surface area (Å²) in [6, 6.07) is 1.84. The van der Waals surface area contributed by atoms with Crippen LogP contribution in [0.3, 0.4) is 0 Å². The van der Waals surface area contributed by atoms with Gasteiger partial charge in [0.1, 0.15) is 22.8 Å². The maximum atomic E-state index is 13.9. The number of aliphatic hydroxyl groups excluding tert-OH is 2. The number of nitrogens with zero attached hydrogens (tertiary/aromatic N) is 1. The maximum Gasteiger partial charge on any atom is 0.255 e. The molecule has 0 radical (unpaired) electrons. The molecular weight excluding hydrogens is 478 g/mol. The number of primary amides is 1. The molecule has 1 amide bonds. The van der Waals surface area contributed by atoms with Gasteiger partial charge in [0.15, 0.2) is 11.4 Å². The fraction of sp³-hybridized carbons (Fsp3) is 0.519. The number of hydrogen-bond donors (Lipinski definition) is 6. The largest absolute Gasteiger partial charge is 0.511 e. The number of carbonyl (C=O) groups excluding carboxylic acids is 3. The first-order chi connectivity index (χ1) is 17.1. The van der Waals surface area contributed by atoms with Gasteiger partial charge in [-0.3, -0.25) is 14.4 Å². The van der Waals surface area contributed by atoms with Gasteiger partial charge in [0.25, 0.3) is 5.91 Å². The van der Waals surface area contributed by atoms with Crippen molar-refractivity contribution in [2.24, 2.45) is 23.0 Å². The number of Topliss-reactive ketones (excluding diaryl/α,β-unsaturated/α-hetero) is 2. The van der Waals surface area contributed by atoms with Crippen LogP contribution in [0.5, 0.6) is 5.75 Å². The lowest BCUT2D eigenvalue weighted by Crippen LogP contribution is -2.57. The van der Waals surface area contributed by atoms with Gasteiger partial charge < -0.3 is 36.4 Å². The molecule has 0 spiro atoms.